The number of imide groups is 1. The number of benzene rings is 2. The van der Waals surface area contributed by atoms with Crippen LogP contribution in [-0.4, -0.2) is 42.3 Å². The van der Waals surface area contributed by atoms with E-state index in [1.54, 1.807) is 24.3 Å². The summed E-state index contributed by atoms with van der Waals surface area (Å²) < 4.78 is 0. The lowest BCUT2D eigenvalue weighted by atomic mass is 9.98. The molecule has 1 fully saturated rings. The second-order valence-electron chi connectivity index (χ2n) is 8.96. The van der Waals surface area contributed by atoms with Gasteiger partial charge in [-0.25, -0.2) is 0 Å². The van der Waals surface area contributed by atoms with Gasteiger partial charge in [-0.05, 0) is 61.9 Å². The van der Waals surface area contributed by atoms with Gasteiger partial charge in [-0.15, -0.1) is 0 Å². The van der Waals surface area contributed by atoms with Crippen LogP contribution in [0, 0.1) is 5.92 Å². The van der Waals surface area contributed by atoms with Crippen LogP contribution in [-0.2, 0) is 4.79 Å². The summed E-state index contributed by atoms with van der Waals surface area (Å²) in [7, 11) is 0. The Bertz CT molecular complexity index is 959. The fourth-order valence-electron chi connectivity index (χ4n) is 4.48. The zero-order valence-corrected chi connectivity index (χ0v) is 18.8. The average molecular weight is 434 g/mol. The third-order valence-corrected chi connectivity index (χ3v) is 6.58. The van der Waals surface area contributed by atoms with Crippen molar-refractivity contribution < 1.29 is 14.4 Å². The van der Waals surface area contributed by atoms with Crippen LogP contribution in [0.1, 0.15) is 71.9 Å². The Hall–Kier alpha value is -3.15. The lowest BCUT2D eigenvalue weighted by Gasteiger charge is -2.32. The molecular weight excluding hydrogens is 402 g/mol. The van der Waals surface area contributed by atoms with Crippen LogP contribution in [0.5, 0.6) is 0 Å². The van der Waals surface area contributed by atoms with Crippen LogP contribution >= 0.6 is 0 Å². The van der Waals surface area contributed by atoms with Gasteiger partial charge in [0.25, 0.3) is 11.8 Å². The van der Waals surface area contributed by atoms with E-state index in [4.69, 9.17) is 0 Å². The van der Waals surface area contributed by atoms with E-state index in [1.165, 1.54) is 23.4 Å². The van der Waals surface area contributed by atoms with Gasteiger partial charge in [-0.2, -0.15) is 0 Å². The Morgan fingerprint density at radius 2 is 1.59 bits per heavy atom. The predicted octanol–water partition coefficient (Wildman–Crippen LogP) is 4.18. The lowest BCUT2D eigenvalue weighted by Crippen LogP contribution is -2.33. The van der Waals surface area contributed by atoms with Gasteiger partial charge >= 0.3 is 0 Å². The number of nitrogens with zero attached hydrogens (tertiary/aromatic N) is 2. The highest BCUT2D eigenvalue weighted by Gasteiger charge is 2.34. The van der Waals surface area contributed by atoms with Crippen molar-refractivity contribution in [2.45, 2.75) is 45.6 Å². The molecule has 2 aliphatic heterocycles. The first-order chi connectivity index (χ1) is 15.4. The van der Waals surface area contributed by atoms with Gasteiger partial charge in [0.2, 0.25) is 5.91 Å². The van der Waals surface area contributed by atoms with Crippen molar-refractivity contribution in [1.82, 2.24) is 10.2 Å². The molecule has 2 heterocycles. The second kappa shape index (κ2) is 9.55. The van der Waals surface area contributed by atoms with Crippen LogP contribution in [0.3, 0.4) is 0 Å². The van der Waals surface area contributed by atoms with Gasteiger partial charge < -0.3 is 10.2 Å². The molecule has 2 aliphatic rings. The maximum atomic E-state index is 12.4. The number of rotatable bonds is 7. The number of fused-ring (bicyclic) bond motifs is 1. The van der Waals surface area contributed by atoms with Gasteiger partial charge in [0.05, 0.1) is 17.2 Å². The minimum absolute atomic E-state index is 0.0804. The summed E-state index contributed by atoms with van der Waals surface area (Å²) in [4.78, 5) is 40.9. The zero-order chi connectivity index (χ0) is 22.7. The van der Waals surface area contributed by atoms with E-state index in [-0.39, 0.29) is 36.7 Å². The van der Waals surface area contributed by atoms with Crippen molar-refractivity contribution in [1.29, 1.82) is 0 Å². The number of amides is 3. The number of piperidine rings is 1. The Morgan fingerprint density at radius 1 is 1.00 bits per heavy atom. The molecule has 6 nitrogen and oxygen atoms in total. The van der Waals surface area contributed by atoms with Crippen LogP contribution in [0.4, 0.5) is 5.69 Å². The van der Waals surface area contributed by atoms with Crippen molar-refractivity contribution in [3.8, 4) is 0 Å². The molecule has 2 aromatic carbocycles. The van der Waals surface area contributed by atoms with Crippen LogP contribution in [0.15, 0.2) is 48.5 Å². The molecule has 168 valence electrons. The summed E-state index contributed by atoms with van der Waals surface area (Å²) in [6.07, 6.45) is 3.17. The molecule has 0 radical (unpaired) electrons. The first-order valence-corrected chi connectivity index (χ1v) is 11.5. The molecule has 1 atom stereocenters. The third kappa shape index (κ3) is 4.69. The smallest absolute Gasteiger partial charge is 0.261 e. The third-order valence-electron chi connectivity index (χ3n) is 6.58. The molecule has 32 heavy (non-hydrogen) atoms. The first kappa shape index (κ1) is 22.1. The summed E-state index contributed by atoms with van der Waals surface area (Å²) >= 11 is 0. The van der Waals surface area contributed by atoms with E-state index in [2.05, 4.69) is 41.4 Å². The normalized spacial score (nSPS) is 17.4. The Labute approximate surface area is 189 Å². The van der Waals surface area contributed by atoms with Gasteiger partial charge in [-0.3, -0.25) is 19.3 Å². The van der Waals surface area contributed by atoms with Crippen molar-refractivity contribution in [3.63, 3.8) is 0 Å². The van der Waals surface area contributed by atoms with Gasteiger partial charge in [0, 0.05) is 31.7 Å². The molecule has 1 unspecified atom stereocenters. The Balaban J connectivity index is 1.24. The maximum Gasteiger partial charge on any atom is 0.261 e. The van der Waals surface area contributed by atoms with Crippen molar-refractivity contribution in [3.05, 3.63) is 65.2 Å². The quantitative estimate of drug-likeness (QED) is 0.665. The highest BCUT2D eigenvalue weighted by atomic mass is 16.2. The fourth-order valence-corrected chi connectivity index (χ4v) is 4.48. The number of carbonyl (C=O) groups is 3. The minimum atomic E-state index is -0.275. The second-order valence-corrected chi connectivity index (χ2v) is 8.96. The minimum Gasteiger partial charge on any atom is -0.372 e. The monoisotopic (exact) mass is 433 g/mol. The van der Waals surface area contributed by atoms with E-state index in [0.29, 0.717) is 17.5 Å². The Kier molecular flexibility index (Phi) is 6.58. The molecule has 1 saturated heterocycles. The highest BCUT2D eigenvalue weighted by molar-refractivity contribution is 6.21. The van der Waals surface area contributed by atoms with Crippen molar-refractivity contribution in [2.24, 2.45) is 5.92 Å². The molecule has 3 amide bonds. The number of hydrogen-bond acceptors (Lipinski definition) is 4. The van der Waals surface area contributed by atoms with Crippen LogP contribution < -0.4 is 10.2 Å². The summed E-state index contributed by atoms with van der Waals surface area (Å²) in [6, 6.07) is 15.2. The van der Waals surface area contributed by atoms with Gasteiger partial charge in [-0.1, -0.05) is 31.2 Å². The fraction of sp³-hybridized carbons (Fsp3) is 0.423. The van der Waals surface area contributed by atoms with Gasteiger partial charge in [0.1, 0.15) is 0 Å². The molecular formula is C26H31N3O3. The van der Waals surface area contributed by atoms with Crippen molar-refractivity contribution >= 4 is 23.4 Å². The van der Waals surface area contributed by atoms with E-state index >= 15 is 0 Å². The van der Waals surface area contributed by atoms with Crippen LogP contribution in [0.2, 0.25) is 0 Å². The molecule has 6 heteroatoms. The molecule has 2 aromatic rings. The van der Waals surface area contributed by atoms with E-state index < -0.39 is 0 Å². The standard InChI is InChI=1S/C26H31N3O3/c1-18-13-16-28(17-14-18)21-11-9-20(10-12-21)19(2)27-24(30)8-5-15-29-25(31)22-6-3-4-7-23(22)26(29)32/h3-4,6-7,9-12,18-19H,5,8,13-17H2,1-2H3,(H,27,30). The zero-order valence-electron chi connectivity index (χ0n) is 18.8. The van der Waals surface area contributed by atoms with E-state index in [1.807, 2.05) is 6.92 Å². The number of nitrogens with one attached hydrogen (secondary N) is 1. The molecule has 1 N–H and O–H groups in total. The maximum absolute atomic E-state index is 12.4. The molecule has 0 aromatic heterocycles. The predicted molar refractivity (Wildman–Crippen MR) is 125 cm³/mol. The molecule has 0 aliphatic carbocycles. The summed E-state index contributed by atoms with van der Waals surface area (Å²) in [5.41, 5.74) is 3.18. The molecule has 4 rings (SSSR count). The van der Waals surface area contributed by atoms with E-state index in [9.17, 15) is 14.4 Å². The Morgan fingerprint density at radius 3 is 2.19 bits per heavy atom. The largest absolute Gasteiger partial charge is 0.372 e. The lowest BCUT2D eigenvalue weighted by molar-refractivity contribution is -0.121. The highest BCUT2D eigenvalue weighted by Crippen LogP contribution is 2.25. The van der Waals surface area contributed by atoms with Crippen LogP contribution in [0.25, 0.3) is 0 Å². The number of hydrogen-bond donors (Lipinski definition) is 1. The SMILES string of the molecule is CC1CCN(c2ccc(C(C)NC(=O)CCCN3C(=O)c4ccccc4C3=O)cc2)CC1. The summed E-state index contributed by atoms with van der Waals surface area (Å²) in [5, 5.41) is 3.03. The topological polar surface area (TPSA) is 69.7 Å². The van der Waals surface area contributed by atoms with Crippen molar-refractivity contribution in [2.75, 3.05) is 24.5 Å². The van der Waals surface area contributed by atoms with Gasteiger partial charge in [0.15, 0.2) is 0 Å². The summed E-state index contributed by atoms with van der Waals surface area (Å²) in [6.45, 7) is 6.72. The number of carbonyl (C=O) groups excluding carboxylic acids is 3. The number of anilines is 1. The van der Waals surface area contributed by atoms with E-state index in [0.717, 1.165) is 24.6 Å². The molecule has 0 spiro atoms. The molecule has 0 saturated carbocycles. The average Bonchev–Trinajstić information content (AvgIpc) is 3.05. The first-order valence-electron chi connectivity index (χ1n) is 11.5. The molecule has 0 bridgehead atoms. The summed E-state index contributed by atoms with van der Waals surface area (Å²) in [5.74, 6) is 0.172.